The molecule has 1 N–H and O–H groups in total. The van der Waals surface area contributed by atoms with E-state index in [-0.39, 0.29) is 22.9 Å². The van der Waals surface area contributed by atoms with E-state index in [9.17, 15) is 9.90 Å². The summed E-state index contributed by atoms with van der Waals surface area (Å²) >= 11 is 0. The summed E-state index contributed by atoms with van der Waals surface area (Å²) in [4.78, 5) is 11.3. The third-order valence-corrected chi connectivity index (χ3v) is 8.78. The second-order valence-corrected chi connectivity index (χ2v) is 9.73. The molecule has 142 valence electrons. The zero-order valence-electron chi connectivity index (χ0n) is 16.4. The van der Waals surface area contributed by atoms with Crippen LogP contribution in [0.25, 0.3) is 0 Å². The van der Waals surface area contributed by atoms with E-state index in [0.717, 1.165) is 51.4 Å². The van der Waals surface area contributed by atoms with Gasteiger partial charge >= 0.3 is 5.97 Å². The molecule has 3 fully saturated rings. The summed E-state index contributed by atoms with van der Waals surface area (Å²) in [7, 11) is 0. The highest BCUT2D eigenvalue weighted by atomic mass is 16.5. The van der Waals surface area contributed by atoms with E-state index in [2.05, 4.69) is 25.8 Å². The largest absolute Gasteiger partial charge is 0.462 e. The van der Waals surface area contributed by atoms with E-state index in [1.165, 1.54) is 12.5 Å². The first-order chi connectivity index (χ1) is 12.2. The number of terminal acetylenes is 1. The summed E-state index contributed by atoms with van der Waals surface area (Å²) in [5.74, 6) is 4.39. The van der Waals surface area contributed by atoms with Crippen molar-refractivity contribution in [3.05, 3.63) is 11.6 Å². The number of esters is 1. The molecule has 0 aromatic heterocycles. The molecule has 0 radical (unpaired) electrons. The number of fused-ring (bicyclic) bond motifs is 5. The lowest BCUT2D eigenvalue weighted by atomic mass is 9.47. The Hall–Kier alpha value is -1.27. The van der Waals surface area contributed by atoms with Crippen LogP contribution in [-0.2, 0) is 9.53 Å². The number of hydrogen-bond donors (Lipinski definition) is 1. The van der Waals surface area contributed by atoms with Crippen LogP contribution in [-0.4, -0.2) is 22.8 Å². The zero-order valence-corrected chi connectivity index (χ0v) is 16.4. The van der Waals surface area contributed by atoms with Crippen LogP contribution in [0, 0.1) is 40.9 Å². The van der Waals surface area contributed by atoms with Gasteiger partial charge in [0.25, 0.3) is 0 Å². The average molecular weight is 357 g/mol. The minimum atomic E-state index is -0.930. The number of rotatable bonds is 1. The summed E-state index contributed by atoms with van der Waals surface area (Å²) in [6.45, 7) is 6.18. The fourth-order valence-electron chi connectivity index (χ4n) is 7.22. The highest BCUT2D eigenvalue weighted by molar-refractivity contribution is 5.66. The maximum atomic E-state index is 11.3. The minimum Gasteiger partial charge on any atom is -0.462 e. The van der Waals surface area contributed by atoms with Crippen LogP contribution in [0.15, 0.2) is 11.6 Å². The smallest absolute Gasteiger partial charge is 0.302 e. The number of hydrogen-bond acceptors (Lipinski definition) is 3. The molecule has 3 heteroatoms. The van der Waals surface area contributed by atoms with Gasteiger partial charge in [0.15, 0.2) is 0 Å². The van der Waals surface area contributed by atoms with Gasteiger partial charge in [0.2, 0.25) is 0 Å². The predicted octanol–water partition coefficient (Wildman–Crippen LogP) is 4.25. The molecule has 0 saturated heterocycles. The van der Waals surface area contributed by atoms with E-state index >= 15 is 0 Å². The molecule has 0 aliphatic heterocycles. The quantitative estimate of drug-likeness (QED) is 0.434. The van der Waals surface area contributed by atoms with Crippen molar-refractivity contribution in [2.45, 2.75) is 83.8 Å². The molecule has 3 saturated carbocycles. The van der Waals surface area contributed by atoms with Crippen LogP contribution in [0.4, 0.5) is 0 Å². The zero-order chi connectivity index (χ0) is 18.7. The summed E-state index contributed by atoms with van der Waals surface area (Å²) in [5.41, 5.74) is 0.655. The third-order valence-electron chi connectivity index (χ3n) is 8.78. The molecule has 4 aliphatic rings. The molecule has 3 nitrogen and oxygen atoms in total. The number of aliphatic hydroxyl groups is 1. The first-order valence-corrected chi connectivity index (χ1v) is 10.3. The average Bonchev–Trinajstić information content (AvgIpc) is 2.87. The van der Waals surface area contributed by atoms with E-state index in [0.29, 0.717) is 17.8 Å². The van der Waals surface area contributed by atoms with Gasteiger partial charge in [0, 0.05) is 18.8 Å². The summed E-state index contributed by atoms with van der Waals surface area (Å²) in [5, 5.41) is 11.1. The van der Waals surface area contributed by atoms with Gasteiger partial charge in [-0.1, -0.05) is 31.4 Å². The number of carbonyl (C=O) groups excluding carboxylic acids is 1. The Kier molecular flexibility index (Phi) is 4.08. The topological polar surface area (TPSA) is 46.5 Å². The van der Waals surface area contributed by atoms with Crippen LogP contribution < -0.4 is 0 Å². The minimum absolute atomic E-state index is 0.0512. The van der Waals surface area contributed by atoms with E-state index in [1.807, 2.05) is 0 Å². The highest BCUT2D eigenvalue weighted by Crippen LogP contribution is 2.67. The van der Waals surface area contributed by atoms with E-state index in [4.69, 9.17) is 11.2 Å². The second-order valence-electron chi connectivity index (χ2n) is 9.73. The molecule has 0 aromatic rings. The summed E-state index contributed by atoms with van der Waals surface area (Å²) in [6.07, 6.45) is 16.3. The molecular formula is C23H32O3. The number of ether oxygens (including phenoxy) is 1. The maximum Gasteiger partial charge on any atom is 0.302 e. The molecule has 0 heterocycles. The first kappa shape index (κ1) is 18.1. The van der Waals surface area contributed by atoms with E-state index in [1.54, 1.807) is 0 Å². The van der Waals surface area contributed by atoms with Gasteiger partial charge in [-0.25, -0.2) is 0 Å². The predicted molar refractivity (Wildman–Crippen MR) is 101 cm³/mol. The summed E-state index contributed by atoms with van der Waals surface area (Å²) in [6, 6.07) is 0. The normalized spacial score (nSPS) is 49.9. The van der Waals surface area contributed by atoms with Crippen molar-refractivity contribution < 1.29 is 14.6 Å². The lowest BCUT2D eigenvalue weighted by molar-refractivity contribution is -0.149. The van der Waals surface area contributed by atoms with Crippen LogP contribution in [0.1, 0.15) is 72.1 Å². The van der Waals surface area contributed by atoms with Gasteiger partial charge in [0.1, 0.15) is 11.7 Å². The van der Waals surface area contributed by atoms with Crippen molar-refractivity contribution >= 4 is 5.97 Å². The maximum absolute atomic E-state index is 11.3. The number of allylic oxidation sites excluding steroid dienone is 1. The molecule has 0 aromatic carbocycles. The van der Waals surface area contributed by atoms with Gasteiger partial charge in [-0.3, -0.25) is 4.79 Å². The van der Waals surface area contributed by atoms with Crippen LogP contribution in [0.5, 0.6) is 0 Å². The third kappa shape index (κ3) is 2.34. The van der Waals surface area contributed by atoms with Crippen molar-refractivity contribution in [3.8, 4) is 12.3 Å². The Labute approximate surface area is 157 Å². The molecular weight excluding hydrogens is 324 g/mol. The lowest BCUT2D eigenvalue weighted by Crippen LogP contribution is -2.54. The molecule has 0 spiro atoms. The van der Waals surface area contributed by atoms with Gasteiger partial charge in [-0.05, 0) is 68.1 Å². The van der Waals surface area contributed by atoms with Crippen LogP contribution in [0.3, 0.4) is 0 Å². The number of carbonyl (C=O) groups is 1. The van der Waals surface area contributed by atoms with Crippen molar-refractivity contribution in [3.63, 3.8) is 0 Å². The van der Waals surface area contributed by atoms with Crippen molar-refractivity contribution in [1.82, 2.24) is 0 Å². The van der Waals surface area contributed by atoms with Crippen molar-refractivity contribution in [1.29, 1.82) is 0 Å². The molecule has 4 unspecified atom stereocenters. The Balaban J connectivity index is 1.61. The fraction of sp³-hybridized carbons (Fsp3) is 0.783. The second kappa shape index (κ2) is 5.86. The Bertz CT molecular complexity index is 688. The highest BCUT2D eigenvalue weighted by Gasteiger charge is 2.63. The molecule has 4 aliphatic carbocycles. The first-order valence-electron chi connectivity index (χ1n) is 10.3. The van der Waals surface area contributed by atoms with Crippen molar-refractivity contribution in [2.24, 2.45) is 28.6 Å². The van der Waals surface area contributed by atoms with Gasteiger partial charge in [-0.15, -0.1) is 6.42 Å². The SMILES string of the molecule is C#C[C@]1(O)CCC2C3CC=C4CC(OC(C)=O)CC[C@]4(C)C3CC[C@@]21C. The summed E-state index contributed by atoms with van der Waals surface area (Å²) < 4.78 is 5.51. The van der Waals surface area contributed by atoms with Crippen molar-refractivity contribution in [2.75, 3.05) is 0 Å². The lowest BCUT2D eigenvalue weighted by Gasteiger charge is -2.58. The van der Waals surface area contributed by atoms with Gasteiger partial charge in [-0.2, -0.15) is 0 Å². The monoisotopic (exact) mass is 356 g/mol. The van der Waals surface area contributed by atoms with Gasteiger partial charge in [0.05, 0.1) is 0 Å². The van der Waals surface area contributed by atoms with Gasteiger partial charge < -0.3 is 9.84 Å². The standard InChI is InChI=1S/C23H32O3/c1-5-23(25)13-10-20-18-7-6-16-14-17(26-15(2)24)8-11-21(16,3)19(18)9-12-22(20,23)4/h1,6,17-20,25H,7-14H2,2-4H3/t17?,18?,19?,20?,21-,22-,23-/m0/s1. The van der Waals surface area contributed by atoms with Crippen LogP contribution in [0.2, 0.25) is 0 Å². The Morgan fingerprint density at radius 2 is 1.96 bits per heavy atom. The molecule has 4 rings (SSSR count). The van der Waals surface area contributed by atoms with E-state index < -0.39 is 5.60 Å². The molecule has 26 heavy (non-hydrogen) atoms. The molecule has 0 bridgehead atoms. The Morgan fingerprint density at radius 1 is 1.23 bits per heavy atom. The van der Waals surface area contributed by atoms with Crippen LogP contribution >= 0.6 is 0 Å². The molecule has 7 atom stereocenters. The Morgan fingerprint density at radius 3 is 2.65 bits per heavy atom. The fourth-order valence-corrected chi connectivity index (χ4v) is 7.22. The molecule has 0 amide bonds.